The van der Waals surface area contributed by atoms with Gasteiger partial charge in [0.2, 0.25) is 5.95 Å². The van der Waals surface area contributed by atoms with Gasteiger partial charge in [0.15, 0.2) is 0 Å². The highest BCUT2D eigenvalue weighted by Crippen LogP contribution is 2.27. The van der Waals surface area contributed by atoms with E-state index in [1.807, 2.05) is 57.2 Å². The van der Waals surface area contributed by atoms with E-state index in [1.54, 1.807) is 0 Å². The van der Waals surface area contributed by atoms with Gasteiger partial charge in [0.25, 0.3) is 0 Å². The highest BCUT2D eigenvalue weighted by atomic mass is 16.5. The van der Waals surface area contributed by atoms with Gasteiger partial charge in [-0.3, -0.25) is 0 Å². The lowest BCUT2D eigenvalue weighted by Crippen LogP contribution is -2.31. The van der Waals surface area contributed by atoms with Crippen LogP contribution in [0.3, 0.4) is 0 Å². The molecule has 170 valence electrons. The van der Waals surface area contributed by atoms with E-state index in [4.69, 9.17) is 9.47 Å². The smallest absolute Gasteiger partial charge is 0.224 e. The Morgan fingerprint density at radius 1 is 1.03 bits per heavy atom. The maximum absolute atomic E-state index is 5.79. The standard InChI is InChI=1S/C24H37N5O2/c1-5-30-21-11-12-22(31-6-2)19(15-21)17-25-16-18-7-9-20(10-8-18)27-24-26-14-13-23(28-24)29(3)4/h11-15,18,20,25H,5-10,16-17H2,1-4H3,(H,26,27,28). The molecule has 0 saturated heterocycles. The van der Waals surface area contributed by atoms with Gasteiger partial charge in [0.1, 0.15) is 17.3 Å². The van der Waals surface area contributed by atoms with E-state index >= 15 is 0 Å². The van der Waals surface area contributed by atoms with Crippen LogP contribution in [0, 0.1) is 5.92 Å². The summed E-state index contributed by atoms with van der Waals surface area (Å²) >= 11 is 0. The van der Waals surface area contributed by atoms with Crippen molar-refractivity contribution in [3.8, 4) is 11.5 Å². The zero-order chi connectivity index (χ0) is 22.1. The summed E-state index contributed by atoms with van der Waals surface area (Å²) in [6, 6.07) is 8.44. The Kier molecular flexibility index (Phi) is 8.76. The number of rotatable bonds is 11. The molecule has 0 radical (unpaired) electrons. The summed E-state index contributed by atoms with van der Waals surface area (Å²) < 4.78 is 11.4. The number of hydrogen-bond donors (Lipinski definition) is 2. The van der Waals surface area contributed by atoms with Crippen molar-refractivity contribution in [2.45, 2.75) is 52.1 Å². The quantitative estimate of drug-likeness (QED) is 0.559. The van der Waals surface area contributed by atoms with Gasteiger partial charge in [-0.1, -0.05) is 0 Å². The Labute approximate surface area is 186 Å². The zero-order valence-electron chi connectivity index (χ0n) is 19.4. The molecule has 3 rings (SSSR count). The van der Waals surface area contributed by atoms with E-state index in [9.17, 15) is 0 Å². The first-order valence-electron chi connectivity index (χ1n) is 11.4. The van der Waals surface area contributed by atoms with Crippen LogP contribution in [0.25, 0.3) is 0 Å². The Morgan fingerprint density at radius 3 is 2.52 bits per heavy atom. The van der Waals surface area contributed by atoms with Crippen LogP contribution < -0.4 is 25.0 Å². The molecule has 1 saturated carbocycles. The molecule has 7 heteroatoms. The van der Waals surface area contributed by atoms with Crippen LogP contribution in [0.5, 0.6) is 11.5 Å². The van der Waals surface area contributed by atoms with Gasteiger partial charge in [0.05, 0.1) is 13.2 Å². The fourth-order valence-electron chi connectivity index (χ4n) is 4.02. The number of nitrogens with one attached hydrogen (secondary N) is 2. The van der Waals surface area contributed by atoms with Crippen LogP contribution in [0.15, 0.2) is 30.5 Å². The molecule has 1 aromatic heterocycles. The molecule has 0 bridgehead atoms. The topological polar surface area (TPSA) is 71.5 Å². The van der Waals surface area contributed by atoms with Gasteiger partial charge >= 0.3 is 0 Å². The van der Waals surface area contributed by atoms with E-state index in [0.717, 1.165) is 54.8 Å². The molecule has 2 aromatic rings. The van der Waals surface area contributed by atoms with Crippen molar-refractivity contribution < 1.29 is 9.47 Å². The second-order valence-electron chi connectivity index (χ2n) is 8.26. The summed E-state index contributed by atoms with van der Waals surface area (Å²) in [6.45, 7) is 7.16. The van der Waals surface area contributed by atoms with Crippen LogP contribution in [0.1, 0.15) is 45.1 Å². The number of ether oxygens (including phenoxy) is 2. The number of nitrogens with zero attached hydrogens (tertiary/aromatic N) is 3. The van der Waals surface area contributed by atoms with Crippen molar-refractivity contribution in [3.63, 3.8) is 0 Å². The second-order valence-corrected chi connectivity index (χ2v) is 8.26. The second kappa shape index (κ2) is 11.7. The minimum absolute atomic E-state index is 0.445. The van der Waals surface area contributed by atoms with Gasteiger partial charge in [-0.15, -0.1) is 0 Å². The predicted octanol–water partition coefficient (Wildman–Crippen LogP) is 4.10. The van der Waals surface area contributed by atoms with Gasteiger partial charge in [-0.2, -0.15) is 4.98 Å². The molecule has 1 aliphatic rings. The van der Waals surface area contributed by atoms with E-state index in [-0.39, 0.29) is 0 Å². The summed E-state index contributed by atoms with van der Waals surface area (Å²) in [6.07, 6.45) is 6.51. The normalized spacial score (nSPS) is 18.5. The third kappa shape index (κ3) is 6.99. The molecule has 2 N–H and O–H groups in total. The van der Waals surface area contributed by atoms with Crippen molar-refractivity contribution in [1.29, 1.82) is 0 Å². The molecule has 1 heterocycles. The molecule has 7 nitrogen and oxygen atoms in total. The number of hydrogen-bond acceptors (Lipinski definition) is 7. The molecule has 0 spiro atoms. The minimum Gasteiger partial charge on any atom is -0.494 e. The van der Waals surface area contributed by atoms with Crippen LogP contribution >= 0.6 is 0 Å². The highest BCUT2D eigenvalue weighted by Gasteiger charge is 2.21. The lowest BCUT2D eigenvalue weighted by atomic mass is 9.86. The molecule has 31 heavy (non-hydrogen) atoms. The van der Waals surface area contributed by atoms with Crippen LogP contribution in [-0.4, -0.2) is 49.9 Å². The molecular formula is C24H37N5O2. The average Bonchev–Trinajstić information content (AvgIpc) is 2.77. The largest absolute Gasteiger partial charge is 0.494 e. The molecule has 0 unspecified atom stereocenters. The van der Waals surface area contributed by atoms with Crippen LogP contribution in [-0.2, 0) is 6.54 Å². The van der Waals surface area contributed by atoms with E-state index < -0.39 is 0 Å². The monoisotopic (exact) mass is 427 g/mol. The van der Waals surface area contributed by atoms with Gasteiger partial charge in [-0.05, 0) is 76.3 Å². The third-order valence-electron chi connectivity index (χ3n) is 5.67. The first-order chi connectivity index (χ1) is 15.1. The van der Waals surface area contributed by atoms with Crippen LogP contribution in [0.4, 0.5) is 11.8 Å². The summed E-state index contributed by atoms with van der Waals surface area (Å²) in [5.74, 6) is 4.18. The van der Waals surface area contributed by atoms with Gasteiger partial charge in [0, 0.05) is 38.4 Å². The SMILES string of the molecule is CCOc1ccc(OCC)c(CNCC2CCC(Nc3nccc(N(C)C)n3)CC2)c1. The molecular weight excluding hydrogens is 390 g/mol. The van der Waals surface area contributed by atoms with Gasteiger partial charge < -0.3 is 25.0 Å². The fraction of sp³-hybridized carbons (Fsp3) is 0.583. The van der Waals surface area contributed by atoms with Crippen molar-refractivity contribution >= 4 is 11.8 Å². The maximum Gasteiger partial charge on any atom is 0.224 e. The molecule has 1 fully saturated rings. The van der Waals surface area contributed by atoms with Crippen molar-refractivity contribution in [3.05, 3.63) is 36.0 Å². The van der Waals surface area contributed by atoms with Crippen molar-refractivity contribution in [2.24, 2.45) is 5.92 Å². The minimum atomic E-state index is 0.445. The Hall–Kier alpha value is -2.54. The van der Waals surface area contributed by atoms with Crippen molar-refractivity contribution in [1.82, 2.24) is 15.3 Å². The number of aromatic nitrogens is 2. The van der Waals surface area contributed by atoms with E-state index in [0.29, 0.717) is 25.2 Å². The number of benzene rings is 1. The lowest BCUT2D eigenvalue weighted by molar-refractivity contribution is 0.316. The fourth-order valence-corrected chi connectivity index (χ4v) is 4.02. The van der Waals surface area contributed by atoms with E-state index in [2.05, 4.69) is 26.7 Å². The van der Waals surface area contributed by atoms with E-state index in [1.165, 1.54) is 12.8 Å². The molecule has 0 aliphatic heterocycles. The first-order valence-corrected chi connectivity index (χ1v) is 11.4. The van der Waals surface area contributed by atoms with Crippen LogP contribution in [0.2, 0.25) is 0 Å². The zero-order valence-corrected chi connectivity index (χ0v) is 19.4. The summed E-state index contributed by atoms with van der Waals surface area (Å²) in [7, 11) is 3.99. The Bertz CT molecular complexity index is 806. The molecule has 0 atom stereocenters. The summed E-state index contributed by atoms with van der Waals surface area (Å²) in [5, 5.41) is 7.16. The predicted molar refractivity (Wildman–Crippen MR) is 126 cm³/mol. The van der Waals surface area contributed by atoms with Gasteiger partial charge in [-0.25, -0.2) is 4.98 Å². The molecule has 1 aliphatic carbocycles. The maximum atomic E-state index is 5.79. The lowest BCUT2D eigenvalue weighted by Gasteiger charge is -2.29. The van der Waals surface area contributed by atoms with Crippen molar-refractivity contribution in [2.75, 3.05) is 44.1 Å². The molecule has 1 aromatic carbocycles. The average molecular weight is 428 g/mol. The Balaban J connectivity index is 1.44. The Morgan fingerprint density at radius 2 is 1.81 bits per heavy atom. The summed E-state index contributed by atoms with van der Waals surface area (Å²) in [5.41, 5.74) is 1.15. The third-order valence-corrected chi connectivity index (χ3v) is 5.67. The summed E-state index contributed by atoms with van der Waals surface area (Å²) in [4.78, 5) is 11.0. The highest BCUT2D eigenvalue weighted by molar-refractivity contribution is 5.41. The number of anilines is 2. The first kappa shape index (κ1) is 23.1. The molecule has 0 amide bonds.